The van der Waals surface area contributed by atoms with Gasteiger partial charge in [0.1, 0.15) is 82.6 Å². The molecule has 0 aromatic heterocycles. The van der Waals surface area contributed by atoms with E-state index in [1.807, 2.05) is 0 Å². The lowest BCUT2D eigenvalue weighted by molar-refractivity contribution is -0.143. The smallest absolute Gasteiger partial charge is 0.330 e. The number of aliphatic hydroxyl groups is 1. The zero-order valence-corrected chi connectivity index (χ0v) is 47.7. The van der Waals surface area contributed by atoms with Crippen LogP contribution in [0, 0.1) is 0 Å². The first kappa shape index (κ1) is 59.5. The van der Waals surface area contributed by atoms with Gasteiger partial charge in [0, 0.05) is 35.2 Å². The molecule has 6 amide bonds. The quantitative estimate of drug-likeness (QED) is 0.0936. The Morgan fingerprint density at radius 3 is 1.76 bits per heavy atom. The number of aromatic hydroxyl groups is 5. The largest absolute Gasteiger partial charge is 0.508 e. The molecule has 452 valence electrons. The third-order valence-electron chi connectivity index (χ3n) is 14.9. The number of rotatable bonds is 3. The van der Waals surface area contributed by atoms with Gasteiger partial charge in [-0.3, -0.25) is 28.8 Å². The third-order valence-corrected chi connectivity index (χ3v) is 15.8. The van der Waals surface area contributed by atoms with Gasteiger partial charge in [-0.05, 0) is 119 Å². The summed E-state index contributed by atoms with van der Waals surface area (Å²) in [6.07, 6.45) is -2.42. The number of aliphatic hydroxyl groups excluding tert-OH is 1. The molecule has 13 rings (SSSR count). The Hall–Kier alpha value is -10.2. The Morgan fingerprint density at radius 2 is 1.12 bits per heavy atom. The summed E-state index contributed by atoms with van der Waals surface area (Å²) in [5.41, 5.74) is -1.98. The number of halogens is 3. The number of phenolic OH excluding ortho intramolecular Hbond substituents is 5. The Kier molecular flexibility index (Phi) is 16.0. The van der Waals surface area contributed by atoms with Gasteiger partial charge >= 0.3 is 5.97 Å². The zero-order chi connectivity index (χ0) is 62.7. The maximum atomic E-state index is 15.9. The first-order valence-corrected chi connectivity index (χ1v) is 27.6. The normalized spacial score (nSPS) is 21.7. The van der Waals surface area contributed by atoms with E-state index in [0.717, 1.165) is 42.5 Å². The van der Waals surface area contributed by atoms with Gasteiger partial charge in [-0.2, -0.15) is 0 Å². The van der Waals surface area contributed by atoms with E-state index in [1.54, 1.807) is 0 Å². The van der Waals surface area contributed by atoms with E-state index in [9.17, 15) is 50.1 Å². The van der Waals surface area contributed by atoms with Crippen LogP contribution in [0.2, 0.25) is 15.1 Å². The molecule has 0 fully saturated rings. The summed E-state index contributed by atoms with van der Waals surface area (Å²) in [7, 11) is 2.71. The monoisotopic (exact) mass is 1260 g/mol. The van der Waals surface area contributed by atoms with Crippen molar-refractivity contribution in [3.63, 3.8) is 0 Å². The SMILES string of the molecule is CN[C@H]1C(=O)N[C@@H]2Cc3ccc(c(Cl)c3)Oc3cc4cc(c3OC)Oc3ccc(cc3Cl)[C@@H](O)[C@H]3NC(=O)C(NC(=O)[C@@H]4NC(=O)[C@@H](NC2=O)c2cc(O)cc(c2)Oc2cc1ccc2O)c1cc(Cl)c(O)c(c1)-c1c(O)cc(O)cc1[C@@H](C(=O)O)NC3=O. The van der Waals surface area contributed by atoms with Gasteiger partial charge in [0.2, 0.25) is 41.2 Å². The molecule has 6 heterocycles. The number of carbonyl (C=O) groups excluding carboxylic acids is 6. The number of fused-ring (bicyclic) bond motifs is 14. The number of methoxy groups -OCH3 is 1. The van der Waals surface area contributed by atoms with Crippen LogP contribution in [0.25, 0.3) is 11.1 Å². The number of carbonyl (C=O) groups is 7. The molecule has 7 aromatic carbocycles. The van der Waals surface area contributed by atoms with E-state index >= 15 is 19.2 Å². The van der Waals surface area contributed by atoms with Gasteiger partial charge < -0.3 is 91.9 Å². The first-order valence-electron chi connectivity index (χ1n) is 26.5. The fourth-order valence-electron chi connectivity index (χ4n) is 10.7. The average molecular weight is 1260 g/mol. The highest BCUT2D eigenvalue weighted by atomic mass is 35.5. The zero-order valence-electron chi connectivity index (χ0n) is 45.5. The minimum absolute atomic E-state index is 0.0525. The fraction of sp³-hybridized carbons (Fsp3) is 0.183. The van der Waals surface area contributed by atoms with Gasteiger partial charge in [-0.1, -0.05) is 53.0 Å². The summed E-state index contributed by atoms with van der Waals surface area (Å²) in [6, 6.07) is 8.23. The second-order valence-corrected chi connectivity index (χ2v) is 21.9. The van der Waals surface area contributed by atoms with Crippen molar-refractivity contribution >= 4 is 76.2 Å². The molecule has 1 unspecified atom stereocenters. The lowest BCUT2D eigenvalue weighted by atomic mass is 9.89. The van der Waals surface area contributed by atoms with Crippen LogP contribution in [0.15, 0.2) is 109 Å². The van der Waals surface area contributed by atoms with Crippen molar-refractivity contribution in [1.82, 2.24) is 37.2 Å². The molecule has 6 aliphatic heterocycles. The highest BCUT2D eigenvalue weighted by molar-refractivity contribution is 6.33. The summed E-state index contributed by atoms with van der Waals surface area (Å²) in [6.45, 7) is 0. The number of carboxylic acids is 1. The average Bonchev–Trinajstić information content (AvgIpc) is 1.49. The molecule has 0 aliphatic carbocycles. The number of aliphatic carboxylic acids is 1. The summed E-state index contributed by atoms with van der Waals surface area (Å²) < 4.78 is 24.8. The molecule has 25 nitrogen and oxygen atoms in total. The van der Waals surface area contributed by atoms with Crippen molar-refractivity contribution in [1.29, 1.82) is 0 Å². The number of amides is 6. The number of benzene rings is 7. The van der Waals surface area contributed by atoms with Gasteiger partial charge in [-0.15, -0.1) is 0 Å². The van der Waals surface area contributed by atoms with Crippen molar-refractivity contribution in [3.05, 3.63) is 163 Å². The number of hydrogen-bond donors (Lipinski definition) is 14. The summed E-state index contributed by atoms with van der Waals surface area (Å²) in [5.74, 6) is -13.6. The van der Waals surface area contributed by atoms with Crippen molar-refractivity contribution in [2.45, 2.75) is 54.8 Å². The first-order chi connectivity index (χ1) is 42.0. The van der Waals surface area contributed by atoms with Gasteiger partial charge in [0.25, 0.3) is 0 Å². The fourth-order valence-corrected chi connectivity index (χ4v) is 11.4. The molecule has 8 atom stereocenters. The summed E-state index contributed by atoms with van der Waals surface area (Å²) in [4.78, 5) is 104. The lowest BCUT2D eigenvalue weighted by Crippen LogP contribution is -2.55. The van der Waals surface area contributed by atoms with Crippen molar-refractivity contribution in [2.24, 2.45) is 0 Å². The number of phenols is 5. The van der Waals surface area contributed by atoms with E-state index in [-0.39, 0.29) is 84.5 Å². The van der Waals surface area contributed by atoms with E-state index in [0.29, 0.717) is 5.56 Å². The van der Waals surface area contributed by atoms with Crippen molar-refractivity contribution in [2.75, 3.05) is 14.2 Å². The van der Waals surface area contributed by atoms with Gasteiger partial charge in [0.15, 0.2) is 29.0 Å². The van der Waals surface area contributed by atoms with Crippen LogP contribution in [0.5, 0.6) is 69.0 Å². The molecule has 7 aromatic rings. The second kappa shape index (κ2) is 23.6. The number of nitrogens with one attached hydrogen (secondary N) is 7. The minimum atomic E-state index is -2.21. The predicted octanol–water partition coefficient (Wildman–Crippen LogP) is 6.20. The van der Waals surface area contributed by atoms with E-state index in [2.05, 4.69) is 37.2 Å². The van der Waals surface area contributed by atoms with Crippen LogP contribution in [0.4, 0.5) is 0 Å². The Balaban J connectivity index is 1.16. The van der Waals surface area contributed by atoms with Crippen LogP contribution in [0.1, 0.15) is 75.3 Å². The van der Waals surface area contributed by atoms with E-state index in [4.69, 9.17) is 53.8 Å². The molecule has 28 heteroatoms. The standard InChI is InChI=1S/C60H48Cl3N7O18/c1-64-45-23-4-6-37(73)41(16-23)86-30-12-25(11-28(71)19-30)46-56(79)68-48-27-17-42(87-39-7-3-22(9-33(39)61)10-36(54(77)66-46)65-55(45)78)53(85-2)43(18-27)88-40-8-5-24(14-34(40)62)51(75)50-59(82)69-49(60(83)84)31-20-29(72)21-38(74)44(31)32-13-26(15-35(63)52(32)76)47(58(81)70-50)67-57(48)80/h3-9,11-21,36,45-51,64,71-76H,10H2,1-2H3,(H,65,78)(H,66,77)(H,67,80)(H,68,79)(H,69,82)(H,70,81)(H,83,84)/t36-,45-,46+,47?,48-,49+,50-,51-/m1/s1. The maximum absolute atomic E-state index is 15.9. The molecular formula is C60H48Cl3N7O18. The van der Waals surface area contributed by atoms with Crippen LogP contribution in [0.3, 0.4) is 0 Å². The number of likely N-dealkylation sites (N-methyl/N-ethyl adjacent to an activating group) is 1. The number of hydrogen-bond acceptors (Lipinski definition) is 18. The van der Waals surface area contributed by atoms with Crippen molar-refractivity contribution in [3.8, 4) is 80.1 Å². The van der Waals surface area contributed by atoms with Crippen LogP contribution in [-0.4, -0.2) is 103 Å². The molecule has 6 aliphatic rings. The van der Waals surface area contributed by atoms with Gasteiger partial charge in [-0.25, -0.2) is 4.79 Å². The third kappa shape index (κ3) is 11.4. The maximum Gasteiger partial charge on any atom is 0.330 e. The number of ether oxygens (including phenoxy) is 4. The molecule has 0 spiro atoms. The topological polar surface area (TPSA) is 382 Å². The van der Waals surface area contributed by atoms with E-state index < -0.39 is 140 Å². The highest BCUT2D eigenvalue weighted by Crippen LogP contribution is 2.49. The lowest BCUT2D eigenvalue weighted by Gasteiger charge is -2.31. The molecule has 0 saturated carbocycles. The van der Waals surface area contributed by atoms with Gasteiger partial charge in [0.05, 0.1) is 22.2 Å². The highest BCUT2D eigenvalue weighted by Gasteiger charge is 2.42. The molecule has 0 radical (unpaired) electrons. The molecular weight excluding hydrogens is 1210 g/mol. The predicted molar refractivity (Wildman–Crippen MR) is 310 cm³/mol. The molecule has 14 N–H and O–H groups in total. The molecule has 0 saturated heterocycles. The Bertz CT molecular complexity index is 4130. The minimum Gasteiger partial charge on any atom is -0.508 e. The Morgan fingerprint density at radius 1 is 0.545 bits per heavy atom. The van der Waals surface area contributed by atoms with Crippen molar-refractivity contribution < 1.29 is 88.3 Å². The summed E-state index contributed by atoms with van der Waals surface area (Å²) in [5, 5.41) is 96.2. The van der Waals surface area contributed by atoms with Crippen LogP contribution < -0.4 is 56.2 Å². The Labute approximate surface area is 511 Å². The molecule has 17 bridgehead atoms. The van der Waals surface area contributed by atoms with E-state index in [1.165, 1.54) is 80.9 Å². The second-order valence-electron chi connectivity index (χ2n) is 20.6. The molecule has 88 heavy (non-hydrogen) atoms. The van der Waals surface area contributed by atoms with Crippen LogP contribution in [-0.2, 0) is 40.0 Å². The number of carboxylic acid groups (broad SMARTS) is 1. The summed E-state index contributed by atoms with van der Waals surface area (Å²) >= 11 is 20.6. The van der Waals surface area contributed by atoms with Crippen LogP contribution >= 0.6 is 34.8 Å².